The summed E-state index contributed by atoms with van der Waals surface area (Å²) in [6, 6.07) is 2.68. The van der Waals surface area contributed by atoms with Crippen LogP contribution in [0.4, 0.5) is 36.7 Å². The second-order valence-electron chi connectivity index (χ2n) is 10.7. The van der Waals surface area contributed by atoms with Crippen LogP contribution in [0.5, 0.6) is 0 Å². The number of urea groups is 1. The van der Waals surface area contributed by atoms with Crippen molar-refractivity contribution in [2.45, 2.75) is 75.9 Å². The molecule has 10 nitrogen and oxygen atoms in total. The van der Waals surface area contributed by atoms with E-state index in [1.165, 1.54) is 19.2 Å². The van der Waals surface area contributed by atoms with Crippen LogP contribution in [-0.4, -0.2) is 52.1 Å². The Bertz CT molecular complexity index is 1200. The Morgan fingerprint density at radius 1 is 1.22 bits per heavy atom. The third-order valence-electron chi connectivity index (χ3n) is 7.78. The highest BCUT2D eigenvalue weighted by Gasteiger charge is 2.42. The highest BCUT2D eigenvalue weighted by atomic mass is 19.1. The van der Waals surface area contributed by atoms with Gasteiger partial charge in [0.25, 0.3) is 0 Å². The summed E-state index contributed by atoms with van der Waals surface area (Å²) < 4.78 is 29.7. The number of nitrogens with zero attached hydrogens (tertiary/aromatic N) is 5. The quantitative estimate of drug-likeness (QED) is 0.295. The molecule has 4 N–H and O–H groups in total. The SMILES string of the molecule is CNC(=O)N(N=N)c1cc(Nc2ncc(F)c(NC3CCN4C(CCC4(C)C)C3)n2)c(F)cc1C1CC1. The van der Waals surface area contributed by atoms with E-state index in [0.717, 1.165) is 56.3 Å². The lowest BCUT2D eigenvalue weighted by molar-refractivity contribution is 0.0920. The molecule has 1 aliphatic carbocycles. The van der Waals surface area contributed by atoms with Crippen molar-refractivity contribution in [2.24, 2.45) is 5.22 Å². The Kier molecular flexibility index (Phi) is 6.69. The standard InChI is InChI=1S/C25H33F2N9O/c1-25(2)8-6-16-10-15(7-9-35(16)25)31-22-19(27)13-30-23(33-22)32-20-12-21(36(34-28)24(37)29-3)17(11-18(20)26)14-4-5-14/h11-16,28H,4-10H2,1-3H3,(H,29,37)(H2,30,31,32,33). The van der Waals surface area contributed by atoms with Crippen LogP contribution in [-0.2, 0) is 0 Å². The molecule has 37 heavy (non-hydrogen) atoms. The molecule has 3 aliphatic rings. The van der Waals surface area contributed by atoms with Gasteiger partial charge in [-0.25, -0.2) is 18.6 Å². The number of piperidine rings is 1. The summed E-state index contributed by atoms with van der Waals surface area (Å²) in [6.45, 7) is 5.49. The van der Waals surface area contributed by atoms with Gasteiger partial charge in [-0.15, -0.1) is 0 Å². The number of carbonyl (C=O) groups excluding carboxylic acids is 1. The van der Waals surface area contributed by atoms with Crippen molar-refractivity contribution >= 4 is 29.2 Å². The van der Waals surface area contributed by atoms with Crippen molar-refractivity contribution in [3.63, 3.8) is 0 Å². The number of hydrogen-bond donors (Lipinski definition) is 4. The summed E-state index contributed by atoms with van der Waals surface area (Å²) in [5, 5.41) is 12.7. The van der Waals surface area contributed by atoms with Gasteiger partial charge in [-0.2, -0.15) is 15.5 Å². The minimum absolute atomic E-state index is 0.00370. The van der Waals surface area contributed by atoms with Crippen molar-refractivity contribution in [1.82, 2.24) is 20.2 Å². The van der Waals surface area contributed by atoms with E-state index in [0.29, 0.717) is 17.3 Å². The molecule has 2 atom stereocenters. The summed E-state index contributed by atoms with van der Waals surface area (Å²) in [5.74, 6) is -0.963. The van der Waals surface area contributed by atoms with Crippen LogP contribution < -0.4 is 21.0 Å². The normalized spacial score (nSPS) is 22.7. The summed E-state index contributed by atoms with van der Waals surface area (Å²) in [6.07, 6.45) is 6.84. The van der Waals surface area contributed by atoms with Gasteiger partial charge >= 0.3 is 6.03 Å². The lowest BCUT2D eigenvalue weighted by Crippen LogP contribution is -2.50. The number of hydrogen-bond acceptors (Lipinski definition) is 8. The third kappa shape index (κ3) is 5.07. The Balaban J connectivity index is 1.36. The highest BCUT2D eigenvalue weighted by molar-refractivity contribution is 5.92. The fraction of sp³-hybridized carbons (Fsp3) is 0.560. The van der Waals surface area contributed by atoms with Crippen LogP contribution >= 0.6 is 0 Å². The maximum atomic E-state index is 15.1. The second kappa shape index (κ2) is 9.81. The maximum absolute atomic E-state index is 15.1. The molecular formula is C25H33F2N9O. The molecule has 0 spiro atoms. The first-order valence-electron chi connectivity index (χ1n) is 12.8. The van der Waals surface area contributed by atoms with E-state index in [9.17, 15) is 9.18 Å². The van der Waals surface area contributed by atoms with Crippen LogP contribution in [0.2, 0.25) is 0 Å². The van der Waals surface area contributed by atoms with Gasteiger partial charge in [0.05, 0.1) is 17.6 Å². The van der Waals surface area contributed by atoms with Gasteiger partial charge in [-0.05, 0) is 76.0 Å². The molecule has 2 aliphatic heterocycles. The van der Waals surface area contributed by atoms with Gasteiger partial charge in [-0.1, -0.05) is 5.22 Å². The van der Waals surface area contributed by atoms with E-state index in [2.05, 4.69) is 49.9 Å². The largest absolute Gasteiger partial charge is 0.365 e. The van der Waals surface area contributed by atoms with Crippen molar-refractivity contribution < 1.29 is 13.6 Å². The topological polar surface area (TPSA) is 122 Å². The minimum atomic E-state index is -0.615. The average molecular weight is 514 g/mol. The van der Waals surface area contributed by atoms with E-state index in [1.807, 2.05) is 0 Å². The van der Waals surface area contributed by atoms with E-state index in [4.69, 9.17) is 5.53 Å². The van der Waals surface area contributed by atoms with E-state index < -0.39 is 17.7 Å². The predicted octanol–water partition coefficient (Wildman–Crippen LogP) is 5.28. The van der Waals surface area contributed by atoms with Gasteiger partial charge in [0.1, 0.15) is 5.82 Å². The lowest BCUT2D eigenvalue weighted by Gasteiger charge is -2.42. The molecule has 1 saturated carbocycles. The molecule has 0 bridgehead atoms. The zero-order chi connectivity index (χ0) is 26.3. The molecule has 3 heterocycles. The summed E-state index contributed by atoms with van der Waals surface area (Å²) in [5.41, 5.74) is 8.57. The van der Waals surface area contributed by atoms with Gasteiger partial charge in [0.15, 0.2) is 11.6 Å². The predicted molar refractivity (Wildman–Crippen MR) is 136 cm³/mol. The van der Waals surface area contributed by atoms with E-state index in [-0.39, 0.29) is 35.0 Å². The summed E-state index contributed by atoms with van der Waals surface area (Å²) >= 11 is 0. The molecule has 2 unspecified atom stereocenters. The van der Waals surface area contributed by atoms with Gasteiger partial charge in [0.2, 0.25) is 5.95 Å². The van der Waals surface area contributed by atoms with Crippen molar-refractivity contribution in [1.29, 1.82) is 5.53 Å². The molecule has 3 fully saturated rings. The number of rotatable bonds is 7. The first kappa shape index (κ1) is 25.2. The zero-order valence-corrected chi connectivity index (χ0v) is 21.3. The number of halogens is 2. The van der Waals surface area contributed by atoms with Crippen LogP contribution in [0.15, 0.2) is 23.6 Å². The summed E-state index contributed by atoms with van der Waals surface area (Å²) in [7, 11) is 1.43. The molecule has 2 aromatic rings. The molecule has 2 saturated heterocycles. The number of anilines is 4. The minimum Gasteiger partial charge on any atom is -0.365 e. The Hall–Kier alpha value is -3.41. The monoisotopic (exact) mass is 513 g/mol. The number of nitrogens with one attached hydrogen (secondary N) is 4. The molecule has 198 valence electrons. The van der Waals surface area contributed by atoms with Gasteiger partial charge in [0, 0.05) is 31.2 Å². The summed E-state index contributed by atoms with van der Waals surface area (Å²) in [4.78, 5) is 23.1. The molecule has 1 aromatic heterocycles. The Morgan fingerprint density at radius 3 is 2.70 bits per heavy atom. The molecule has 0 radical (unpaired) electrons. The van der Waals surface area contributed by atoms with Crippen LogP contribution in [0.3, 0.4) is 0 Å². The third-order valence-corrected chi connectivity index (χ3v) is 7.78. The van der Waals surface area contributed by atoms with Crippen LogP contribution in [0.25, 0.3) is 0 Å². The number of benzene rings is 1. The first-order valence-corrected chi connectivity index (χ1v) is 12.8. The first-order chi connectivity index (χ1) is 17.7. The maximum Gasteiger partial charge on any atom is 0.343 e. The van der Waals surface area contributed by atoms with Crippen molar-refractivity contribution in [3.05, 3.63) is 35.5 Å². The van der Waals surface area contributed by atoms with Crippen molar-refractivity contribution in [3.8, 4) is 0 Å². The van der Waals surface area contributed by atoms with Gasteiger partial charge < -0.3 is 16.0 Å². The number of fused-ring (bicyclic) bond motifs is 1. The number of amides is 2. The Labute approximate surface area is 214 Å². The van der Waals surface area contributed by atoms with E-state index >= 15 is 4.39 Å². The van der Waals surface area contributed by atoms with Crippen molar-refractivity contribution in [2.75, 3.05) is 29.2 Å². The molecule has 1 aromatic carbocycles. The highest BCUT2D eigenvalue weighted by Crippen LogP contribution is 2.46. The Morgan fingerprint density at radius 2 is 2.00 bits per heavy atom. The van der Waals surface area contributed by atoms with Crippen LogP contribution in [0.1, 0.15) is 63.9 Å². The molecule has 12 heteroatoms. The number of carbonyl (C=O) groups is 1. The molecule has 5 rings (SSSR count). The molecular weight excluding hydrogens is 480 g/mol. The number of aromatic nitrogens is 2. The average Bonchev–Trinajstić information content (AvgIpc) is 3.67. The fourth-order valence-electron chi connectivity index (χ4n) is 5.65. The fourth-order valence-corrected chi connectivity index (χ4v) is 5.65. The zero-order valence-electron chi connectivity index (χ0n) is 21.3. The smallest absolute Gasteiger partial charge is 0.343 e. The lowest BCUT2D eigenvalue weighted by atomic mass is 9.97. The van der Waals surface area contributed by atoms with E-state index in [1.54, 1.807) is 0 Å². The second-order valence-corrected chi connectivity index (χ2v) is 10.7. The molecule has 2 amide bonds. The van der Waals surface area contributed by atoms with Crippen LogP contribution in [0, 0.1) is 17.2 Å². The van der Waals surface area contributed by atoms with Gasteiger partial charge in [-0.3, -0.25) is 4.90 Å².